The van der Waals surface area contributed by atoms with Gasteiger partial charge in [0.2, 0.25) is 10.0 Å². The number of aromatic nitrogens is 2. The molecule has 10 heteroatoms. The van der Waals surface area contributed by atoms with Crippen molar-refractivity contribution in [3.8, 4) is 5.75 Å². The van der Waals surface area contributed by atoms with Crippen molar-refractivity contribution in [1.29, 1.82) is 0 Å². The number of carbonyl (C=O) groups is 1. The van der Waals surface area contributed by atoms with Crippen molar-refractivity contribution in [1.82, 2.24) is 15.1 Å². The van der Waals surface area contributed by atoms with E-state index in [2.05, 4.69) is 15.7 Å². The summed E-state index contributed by atoms with van der Waals surface area (Å²) in [6.45, 7) is 2.86. The second kappa shape index (κ2) is 9.42. The minimum Gasteiger partial charge on any atom is -0.492 e. The number of nitrogens with one attached hydrogen (secondary N) is 2. The van der Waals surface area contributed by atoms with Crippen LogP contribution in [-0.4, -0.2) is 30.8 Å². The predicted octanol–water partition coefficient (Wildman–Crippen LogP) is 2.49. The summed E-state index contributed by atoms with van der Waals surface area (Å²) in [7, 11) is -3.75. The Balaban J connectivity index is 1.52. The predicted molar refractivity (Wildman–Crippen MR) is 113 cm³/mol. The fourth-order valence-corrected chi connectivity index (χ4v) is 3.26. The van der Waals surface area contributed by atoms with E-state index in [1.807, 2.05) is 18.3 Å². The first-order chi connectivity index (χ1) is 14.3. The smallest absolute Gasteiger partial charge is 0.319 e. The van der Waals surface area contributed by atoms with Crippen LogP contribution in [0.5, 0.6) is 5.75 Å². The normalized spacial score (nSPS) is 12.2. The quantitative estimate of drug-likeness (QED) is 0.507. The van der Waals surface area contributed by atoms with E-state index in [1.54, 1.807) is 48.1 Å². The number of primary sulfonamides is 1. The van der Waals surface area contributed by atoms with Gasteiger partial charge in [-0.3, -0.25) is 4.68 Å². The molecule has 0 spiro atoms. The van der Waals surface area contributed by atoms with Gasteiger partial charge in [-0.1, -0.05) is 18.2 Å². The van der Waals surface area contributed by atoms with Crippen molar-refractivity contribution in [2.24, 2.45) is 5.14 Å². The number of rotatable bonds is 8. The van der Waals surface area contributed by atoms with Crippen LogP contribution in [-0.2, 0) is 16.6 Å². The van der Waals surface area contributed by atoms with Crippen LogP contribution in [0.15, 0.2) is 71.9 Å². The summed E-state index contributed by atoms with van der Waals surface area (Å²) in [6, 6.07) is 14.2. The Kier molecular flexibility index (Phi) is 6.70. The number of nitrogens with two attached hydrogens (primary N) is 1. The molecular weight excluding hydrogens is 406 g/mol. The van der Waals surface area contributed by atoms with Gasteiger partial charge in [0.25, 0.3) is 0 Å². The number of hydrogen-bond donors (Lipinski definition) is 3. The van der Waals surface area contributed by atoms with Crippen LogP contribution in [0.2, 0.25) is 0 Å². The molecule has 1 aromatic heterocycles. The first-order valence-corrected chi connectivity index (χ1v) is 10.8. The Bertz CT molecular complexity index is 1080. The van der Waals surface area contributed by atoms with Gasteiger partial charge in [-0.15, -0.1) is 0 Å². The number of urea groups is 1. The van der Waals surface area contributed by atoms with E-state index < -0.39 is 16.1 Å². The van der Waals surface area contributed by atoms with Gasteiger partial charge in [0.1, 0.15) is 12.4 Å². The van der Waals surface area contributed by atoms with Crippen LogP contribution in [0.3, 0.4) is 0 Å². The number of amides is 2. The molecule has 158 valence electrons. The summed E-state index contributed by atoms with van der Waals surface area (Å²) in [4.78, 5) is 12.3. The Labute approximate surface area is 174 Å². The lowest BCUT2D eigenvalue weighted by atomic mass is 10.1. The molecule has 0 bridgehead atoms. The fourth-order valence-electron chi connectivity index (χ4n) is 2.75. The summed E-state index contributed by atoms with van der Waals surface area (Å²) in [6.07, 6.45) is 3.56. The van der Waals surface area contributed by atoms with Crippen LogP contribution in [0.25, 0.3) is 0 Å². The topological polar surface area (TPSA) is 128 Å². The number of anilines is 1. The van der Waals surface area contributed by atoms with Gasteiger partial charge >= 0.3 is 6.03 Å². The van der Waals surface area contributed by atoms with E-state index >= 15 is 0 Å². The number of sulfonamides is 1. The fraction of sp³-hybridized carbons (Fsp3) is 0.200. The molecule has 0 aliphatic heterocycles. The highest BCUT2D eigenvalue weighted by molar-refractivity contribution is 7.89. The Morgan fingerprint density at radius 2 is 1.97 bits per heavy atom. The molecule has 2 amide bonds. The van der Waals surface area contributed by atoms with Crippen LogP contribution < -0.4 is 20.5 Å². The third kappa shape index (κ3) is 6.06. The van der Waals surface area contributed by atoms with E-state index in [4.69, 9.17) is 9.88 Å². The van der Waals surface area contributed by atoms with E-state index in [1.165, 1.54) is 12.1 Å². The highest BCUT2D eigenvalue weighted by Gasteiger charge is 2.12. The highest BCUT2D eigenvalue weighted by atomic mass is 32.2. The van der Waals surface area contributed by atoms with Crippen LogP contribution in [0.4, 0.5) is 10.5 Å². The number of benzene rings is 2. The molecule has 0 fully saturated rings. The number of ether oxygens (including phenoxy) is 1. The maximum atomic E-state index is 12.3. The van der Waals surface area contributed by atoms with E-state index in [0.717, 1.165) is 5.56 Å². The van der Waals surface area contributed by atoms with Crippen molar-refractivity contribution < 1.29 is 17.9 Å². The van der Waals surface area contributed by atoms with Crippen molar-refractivity contribution in [3.63, 3.8) is 0 Å². The highest BCUT2D eigenvalue weighted by Crippen LogP contribution is 2.19. The van der Waals surface area contributed by atoms with E-state index in [0.29, 0.717) is 24.6 Å². The molecule has 1 heterocycles. The summed E-state index contributed by atoms with van der Waals surface area (Å²) in [5.41, 5.74) is 1.33. The zero-order chi connectivity index (χ0) is 21.6. The van der Waals surface area contributed by atoms with Crippen LogP contribution in [0.1, 0.15) is 18.5 Å². The molecule has 1 unspecified atom stereocenters. The van der Waals surface area contributed by atoms with Crippen molar-refractivity contribution in [3.05, 3.63) is 72.6 Å². The molecule has 0 aliphatic rings. The second-order valence-electron chi connectivity index (χ2n) is 6.58. The van der Waals surface area contributed by atoms with Gasteiger partial charge in [-0.05, 0) is 42.8 Å². The second-order valence-corrected chi connectivity index (χ2v) is 8.14. The van der Waals surface area contributed by atoms with Crippen molar-refractivity contribution >= 4 is 21.7 Å². The van der Waals surface area contributed by atoms with Crippen molar-refractivity contribution in [2.75, 3.05) is 11.9 Å². The summed E-state index contributed by atoms with van der Waals surface area (Å²) in [5, 5.41) is 14.8. The summed E-state index contributed by atoms with van der Waals surface area (Å²) in [5.74, 6) is 0.631. The standard InChI is InChI=1S/C20H23N5O4S/c1-15(16-6-8-19(9-7-16)30(21,27)28)23-20(26)24-17-4-2-5-18(14-17)29-13-12-25-11-3-10-22-25/h2-11,14-15H,12-13H2,1H3,(H2,21,27,28)(H2,23,24,26). The summed E-state index contributed by atoms with van der Waals surface area (Å²) < 4.78 is 30.1. The third-order valence-electron chi connectivity index (χ3n) is 4.30. The zero-order valence-electron chi connectivity index (χ0n) is 16.4. The molecular formula is C20H23N5O4S. The molecule has 0 saturated carbocycles. The lowest BCUT2D eigenvalue weighted by molar-refractivity contribution is 0.249. The first-order valence-electron chi connectivity index (χ1n) is 9.22. The Hall–Kier alpha value is -3.37. The molecule has 3 rings (SSSR count). The molecule has 4 N–H and O–H groups in total. The van der Waals surface area contributed by atoms with Crippen LogP contribution >= 0.6 is 0 Å². The number of hydrogen-bond acceptors (Lipinski definition) is 5. The van der Waals surface area contributed by atoms with E-state index in [-0.39, 0.29) is 10.9 Å². The van der Waals surface area contributed by atoms with E-state index in [9.17, 15) is 13.2 Å². The van der Waals surface area contributed by atoms with Crippen molar-refractivity contribution in [2.45, 2.75) is 24.4 Å². The average Bonchev–Trinajstić information content (AvgIpc) is 3.21. The van der Waals surface area contributed by atoms with Gasteiger partial charge in [0.15, 0.2) is 0 Å². The van der Waals surface area contributed by atoms with Gasteiger partial charge in [-0.2, -0.15) is 5.10 Å². The molecule has 2 aromatic carbocycles. The minimum absolute atomic E-state index is 0.0206. The zero-order valence-corrected chi connectivity index (χ0v) is 17.2. The maximum Gasteiger partial charge on any atom is 0.319 e. The molecule has 30 heavy (non-hydrogen) atoms. The largest absolute Gasteiger partial charge is 0.492 e. The lowest BCUT2D eigenvalue weighted by Crippen LogP contribution is -2.31. The summed E-state index contributed by atoms with van der Waals surface area (Å²) >= 11 is 0. The monoisotopic (exact) mass is 429 g/mol. The first kappa shape index (κ1) is 21.3. The lowest BCUT2D eigenvalue weighted by Gasteiger charge is -2.16. The van der Waals surface area contributed by atoms with Gasteiger partial charge in [-0.25, -0.2) is 18.4 Å². The number of carbonyl (C=O) groups excluding carboxylic acids is 1. The molecule has 0 saturated heterocycles. The Morgan fingerprint density at radius 1 is 1.20 bits per heavy atom. The van der Waals surface area contributed by atoms with Gasteiger partial charge in [0, 0.05) is 24.1 Å². The molecule has 0 radical (unpaired) electrons. The molecule has 9 nitrogen and oxygen atoms in total. The van der Waals surface area contributed by atoms with Gasteiger partial charge < -0.3 is 15.4 Å². The third-order valence-corrected chi connectivity index (χ3v) is 5.23. The van der Waals surface area contributed by atoms with Gasteiger partial charge in [0.05, 0.1) is 17.5 Å². The van der Waals surface area contributed by atoms with Crippen LogP contribution in [0, 0.1) is 0 Å². The number of nitrogens with zero attached hydrogens (tertiary/aromatic N) is 2. The Morgan fingerprint density at radius 3 is 2.63 bits per heavy atom. The molecule has 3 aromatic rings. The average molecular weight is 430 g/mol. The molecule has 1 atom stereocenters. The minimum atomic E-state index is -3.75. The SMILES string of the molecule is CC(NC(=O)Nc1cccc(OCCn2cccn2)c1)c1ccc(S(N)(=O)=O)cc1. The maximum absolute atomic E-state index is 12.3. The molecule has 0 aliphatic carbocycles.